The number of benzene rings is 1. The van der Waals surface area contributed by atoms with Gasteiger partial charge in [-0.3, -0.25) is 19.3 Å². The minimum Gasteiger partial charge on any atom is -0.352 e. The van der Waals surface area contributed by atoms with Crippen molar-refractivity contribution in [2.45, 2.75) is 38.1 Å². The summed E-state index contributed by atoms with van der Waals surface area (Å²) in [5.41, 5.74) is 0.572. The summed E-state index contributed by atoms with van der Waals surface area (Å²) in [5, 5.41) is 3.31. The average Bonchev–Trinajstić information content (AvgIpc) is 2.73. The van der Waals surface area contributed by atoms with Gasteiger partial charge in [-0.25, -0.2) is 0 Å². The molecule has 1 aliphatic carbocycles. The van der Waals surface area contributed by atoms with E-state index in [1.165, 1.54) is 18.6 Å². The van der Waals surface area contributed by atoms with Crippen molar-refractivity contribution in [3.8, 4) is 0 Å². The fraction of sp³-hybridized carbons (Fsp3) is 0.438. The molecule has 6 heteroatoms. The van der Waals surface area contributed by atoms with Crippen molar-refractivity contribution in [2.75, 3.05) is 6.54 Å². The summed E-state index contributed by atoms with van der Waals surface area (Å²) in [5.74, 6) is -1.18. The number of nitrogens with zero attached hydrogens (tertiary/aromatic N) is 1. The van der Waals surface area contributed by atoms with E-state index >= 15 is 0 Å². The molecule has 1 aromatic rings. The van der Waals surface area contributed by atoms with Gasteiger partial charge in [0.2, 0.25) is 5.91 Å². The molecule has 0 spiro atoms. The maximum absolute atomic E-state index is 12.3. The van der Waals surface area contributed by atoms with Gasteiger partial charge in [-0.1, -0.05) is 30.9 Å². The van der Waals surface area contributed by atoms with E-state index in [0.717, 1.165) is 30.6 Å². The van der Waals surface area contributed by atoms with Crippen LogP contribution in [-0.2, 0) is 4.79 Å². The first-order chi connectivity index (χ1) is 10.6. The Morgan fingerprint density at radius 1 is 1.14 bits per heavy atom. The molecule has 1 aromatic carbocycles. The number of imide groups is 1. The summed E-state index contributed by atoms with van der Waals surface area (Å²) < 4.78 is 0. The molecule has 3 rings (SSSR count). The van der Waals surface area contributed by atoms with Gasteiger partial charge in [0.15, 0.2) is 0 Å². The first kappa shape index (κ1) is 15.0. The normalized spacial score (nSPS) is 18.5. The first-order valence-corrected chi connectivity index (χ1v) is 7.89. The van der Waals surface area contributed by atoms with Gasteiger partial charge in [-0.15, -0.1) is 0 Å². The van der Waals surface area contributed by atoms with Crippen molar-refractivity contribution in [1.29, 1.82) is 0 Å². The fourth-order valence-corrected chi connectivity index (χ4v) is 3.24. The minimum absolute atomic E-state index is 0.158. The second-order valence-electron chi connectivity index (χ2n) is 5.79. The van der Waals surface area contributed by atoms with Crippen molar-refractivity contribution in [3.05, 3.63) is 34.3 Å². The predicted octanol–water partition coefficient (Wildman–Crippen LogP) is 2.38. The van der Waals surface area contributed by atoms with Crippen molar-refractivity contribution < 1.29 is 14.4 Å². The number of carbonyl (C=O) groups is 3. The Balaban J connectivity index is 1.67. The third-order valence-corrected chi connectivity index (χ3v) is 4.44. The number of nitrogens with one attached hydrogen (secondary N) is 1. The van der Waals surface area contributed by atoms with Crippen molar-refractivity contribution >= 4 is 29.3 Å². The van der Waals surface area contributed by atoms with Gasteiger partial charge in [-0.05, 0) is 31.0 Å². The Morgan fingerprint density at radius 2 is 1.82 bits per heavy atom. The van der Waals surface area contributed by atoms with E-state index in [2.05, 4.69) is 5.32 Å². The van der Waals surface area contributed by atoms with Crippen molar-refractivity contribution in [1.82, 2.24) is 10.2 Å². The van der Waals surface area contributed by atoms with Crippen LogP contribution in [0.5, 0.6) is 0 Å². The number of fused-ring (bicyclic) bond motifs is 1. The zero-order valence-corrected chi connectivity index (χ0v) is 12.9. The molecule has 5 nitrogen and oxygen atoms in total. The maximum atomic E-state index is 12.3. The molecule has 0 saturated heterocycles. The Hall–Kier alpha value is -1.88. The van der Waals surface area contributed by atoms with Gasteiger partial charge < -0.3 is 5.32 Å². The molecule has 0 bridgehead atoms. The molecule has 3 amide bonds. The molecular formula is C16H17ClN2O3. The smallest absolute Gasteiger partial charge is 0.262 e. The molecule has 1 N–H and O–H groups in total. The molecule has 0 unspecified atom stereocenters. The van der Waals surface area contributed by atoms with Crippen LogP contribution in [0.15, 0.2) is 18.2 Å². The number of hydrogen-bond donors (Lipinski definition) is 1. The third kappa shape index (κ3) is 2.86. The molecule has 1 aliphatic heterocycles. The molecular weight excluding hydrogens is 304 g/mol. The summed E-state index contributed by atoms with van der Waals surface area (Å²) in [6.45, 7) is -0.236. The van der Waals surface area contributed by atoms with Crippen LogP contribution >= 0.6 is 11.6 Å². The fourth-order valence-electron chi connectivity index (χ4n) is 3.07. The molecule has 1 fully saturated rings. The maximum Gasteiger partial charge on any atom is 0.262 e. The predicted molar refractivity (Wildman–Crippen MR) is 81.8 cm³/mol. The molecule has 2 aliphatic rings. The van der Waals surface area contributed by atoms with E-state index in [0.29, 0.717) is 10.6 Å². The summed E-state index contributed by atoms with van der Waals surface area (Å²) in [4.78, 5) is 37.6. The van der Waals surface area contributed by atoms with Gasteiger partial charge in [0.1, 0.15) is 6.54 Å². The van der Waals surface area contributed by atoms with E-state index in [1.807, 2.05) is 0 Å². The summed E-state index contributed by atoms with van der Waals surface area (Å²) in [6.07, 6.45) is 5.34. The van der Waals surface area contributed by atoms with Gasteiger partial charge in [0, 0.05) is 11.1 Å². The van der Waals surface area contributed by atoms with Crippen LogP contribution in [0.3, 0.4) is 0 Å². The van der Waals surface area contributed by atoms with Crippen molar-refractivity contribution in [3.63, 3.8) is 0 Å². The Morgan fingerprint density at radius 3 is 2.55 bits per heavy atom. The summed E-state index contributed by atoms with van der Waals surface area (Å²) in [6, 6.07) is 4.72. The van der Waals surface area contributed by atoms with Crippen LogP contribution in [0.2, 0.25) is 5.02 Å². The van der Waals surface area contributed by atoms with Crippen LogP contribution in [0.4, 0.5) is 0 Å². The topological polar surface area (TPSA) is 66.5 Å². The van der Waals surface area contributed by atoms with E-state index in [4.69, 9.17) is 11.6 Å². The van der Waals surface area contributed by atoms with Gasteiger partial charge >= 0.3 is 0 Å². The van der Waals surface area contributed by atoms with Crippen LogP contribution in [-0.4, -0.2) is 35.2 Å². The number of halogens is 1. The van der Waals surface area contributed by atoms with E-state index in [9.17, 15) is 14.4 Å². The highest BCUT2D eigenvalue weighted by Crippen LogP contribution is 2.25. The second kappa shape index (κ2) is 6.08. The number of carbonyl (C=O) groups excluding carboxylic acids is 3. The Kier molecular flexibility index (Phi) is 4.16. The Bertz CT molecular complexity index is 638. The number of amides is 3. The molecule has 22 heavy (non-hydrogen) atoms. The summed E-state index contributed by atoms with van der Waals surface area (Å²) in [7, 11) is 0. The van der Waals surface area contributed by atoms with Crippen molar-refractivity contribution in [2.24, 2.45) is 0 Å². The number of hydrogen-bond acceptors (Lipinski definition) is 3. The average molecular weight is 321 g/mol. The largest absolute Gasteiger partial charge is 0.352 e. The highest BCUT2D eigenvalue weighted by atomic mass is 35.5. The zero-order valence-electron chi connectivity index (χ0n) is 12.1. The van der Waals surface area contributed by atoms with Gasteiger partial charge in [-0.2, -0.15) is 0 Å². The second-order valence-corrected chi connectivity index (χ2v) is 6.23. The SMILES string of the molecule is O=C(CN1C(=O)c2ccc(Cl)cc2C1=O)NC1CCCCC1. The molecule has 1 heterocycles. The Labute approximate surface area is 133 Å². The zero-order chi connectivity index (χ0) is 15.7. The van der Waals surface area contributed by atoms with E-state index in [1.54, 1.807) is 6.07 Å². The lowest BCUT2D eigenvalue weighted by molar-refractivity contribution is -0.122. The van der Waals surface area contributed by atoms with Crippen LogP contribution in [0.1, 0.15) is 52.8 Å². The monoisotopic (exact) mass is 320 g/mol. The van der Waals surface area contributed by atoms with E-state index in [-0.39, 0.29) is 24.1 Å². The minimum atomic E-state index is -0.457. The summed E-state index contributed by atoms with van der Waals surface area (Å²) >= 11 is 5.86. The van der Waals surface area contributed by atoms with E-state index < -0.39 is 11.8 Å². The van der Waals surface area contributed by atoms with Gasteiger partial charge in [0.05, 0.1) is 11.1 Å². The lowest BCUT2D eigenvalue weighted by Gasteiger charge is -2.23. The lowest BCUT2D eigenvalue weighted by Crippen LogP contribution is -2.44. The lowest BCUT2D eigenvalue weighted by atomic mass is 9.95. The first-order valence-electron chi connectivity index (χ1n) is 7.51. The molecule has 0 aromatic heterocycles. The van der Waals surface area contributed by atoms with Gasteiger partial charge in [0.25, 0.3) is 11.8 Å². The highest BCUT2D eigenvalue weighted by molar-refractivity contribution is 6.32. The van der Waals surface area contributed by atoms with Crippen LogP contribution < -0.4 is 5.32 Å². The highest BCUT2D eigenvalue weighted by Gasteiger charge is 2.36. The number of rotatable bonds is 3. The van der Waals surface area contributed by atoms with Crippen LogP contribution in [0, 0.1) is 0 Å². The quantitative estimate of drug-likeness (QED) is 0.870. The molecule has 0 radical (unpaired) electrons. The third-order valence-electron chi connectivity index (χ3n) is 4.20. The molecule has 0 atom stereocenters. The standard InChI is InChI=1S/C16H17ClN2O3/c17-10-6-7-12-13(8-10)16(22)19(15(12)21)9-14(20)18-11-4-2-1-3-5-11/h6-8,11H,1-5,9H2,(H,18,20). The van der Waals surface area contributed by atoms with Crippen LogP contribution in [0.25, 0.3) is 0 Å². The molecule has 116 valence electrons. The molecule has 1 saturated carbocycles.